The molecule has 0 saturated carbocycles. The van der Waals surface area contributed by atoms with Crippen LogP contribution in [0.3, 0.4) is 0 Å². The highest BCUT2D eigenvalue weighted by molar-refractivity contribution is 5.86. The van der Waals surface area contributed by atoms with E-state index in [0.717, 1.165) is 41.0 Å². The molecule has 0 radical (unpaired) electrons. The van der Waals surface area contributed by atoms with Crippen molar-refractivity contribution >= 4 is 11.8 Å². The van der Waals surface area contributed by atoms with Gasteiger partial charge in [0.2, 0.25) is 11.8 Å². The van der Waals surface area contributed by atoms with Crippen molar-refractivity contribution in [3.8, 4) is 5.69 Å². The van der Waals surface area contributed by atoms with Gasteiger partial charge in [0, 0.05) is 24.3 Å². The van der Waals surface area contributed by atoms with Gasteiger partial charge in [-0.05, 0) is 75.3 Å². The lowest BCUT2D eigenvalue weighted by molar-refractivity contribution is -0.132. The first kappa shape index (κ1) is 24.3. The van der Waals surface area contributed by atoms with Crippen LogP contribution in [0.25, 0.3) is 5.69 Å². The maximum Gasteiger partial charge on any atom is 0.242 e. The minimum atomic E-state index is -0.555. The fourth-order valence-electron chi connectivity index (χ4n) is 5.65. The Hall–Kier alpha value is -3.45. The third-order valence-electron chi connectivity index (χ3n) is 7.53. The van der Waals surface area contributed by atoms with Crippen molar-refractivity contribution < 1.29 is 9.59 Å². The van der Waals surface area contributed by atoms with E-state index in [2.05, 4.69) is 28.8 Å². The topological polar surface area (TPSA) is 79.3 Å². The SMILES string of the molecule is Cc1nn(-c2ccccc2)c(C)c1[C@H]1C(=O)NCCN1CC(=O)N[C@H](C)c1ccc2c(c1)CCCC2. The van der Waals surface area contributed by atoms with Crippen molar-refractivity contribution in [1.29, 1.82) is 0 Å². The molecule has 0 unspecified atom stereocenters. The van der Waals surface area contributed by atoms with Crippen LogP contribution in [0, 0.1) is 13.8 Å². The number of piperazine rings is 1. The Bertz CT molecular complexity index is 1270. The number of hydrogen-bond donors (Lipinski definition) is 2. The Balaban J connectivity index is 1.33. The number of nitrogens with one attached hydrogen (secondary N) is 2. The Morgan fingerprint density at radius 1 is 1.11 bits per heavy atom. The van der Waals surface area contributed by atoms with E-state index in [1.54, 1.807) is 0 Å². The van der Waals surface area contributed by atoms with Gasteiger partial charge in [0.25, 0.3) is 0 Å². The van der Waals surface area contributed by atoms with Gasteiger partial charge in [0.1, 0.15) is 6.04 Å². The molecule has 2 atom stereocenters. The van der Waals surface area contributed by atoms with Crippen LogP contribution in [0.15, 0.2) is 48.5 Å². The summed E-state index contributed by atoms with van der Waals surface area (Å²) in [5, 5.41) is 10.9. The molecule has 3 aromatic rings. The lowest BCUT2D eigenvalue weighted by atomic mass is 9.89. The monoisotopic (exact) mass is 485 g/mol. The number of carbonyl (C=O) groups excluding carboxylic acids is 2. The number of benzene rings is 2. The molecule has 0 bridgehead atoms. The van der Waals surface area contributed by atoms with E-state index in [1.807, 2.05) is 60.7 Å². The van der Waals surface area contributed by atoms with E-state index in [0.29, 0.717) is 13.1 Å². The van der Waals surface area contributed by atoms with Crippen LogP contribution in [0.2, 0.25) is 0 Å². The number of fused-ring (bicyclic) bond motifs is 1. The Labute approximate surface area is 212 Å². The quantitative estimate of drug-likeness (QED) is 0.558. The van der Waals surface area contributed by atoms with Crippen molar-refractivity contribution in [2.75, 3.05) is 19.6 Å². The largest absolute Gasteiger partial charge is 0.353 e. The van der Waals surface area contributed by atoms with Crippen LogP contribution in [-0.4, -0.2) is 46.1 Å². The number of nitrogens with zero attached hydrogens (tertiary/aromatic N) is 3. The highest BCUT2D eigenvalue weighted by atomic mass is 16.2. The number of para-hydroxylation sites is 1. The molecule has 5 rings (SSSR count). The van der Waals surface area contributed by atoms with Gasteiger partial charge in [0.05, 0.1) is 24.0 Å². The van der Waals surface area contributed by atoms with Crippen LogP contribution in [-0.2, 0) is 22.4 Å². The lowest BCUT2D eigenvalue weighted by Crippen LogP contribution is -2.53. The molecule has 2 amide bonds. The molecule has 2 aliphatic rings. The summed E-state index contributed by atoms with van der Waals surface area (Å²) >= 11 is 0. The first-order valence-electron chi connectivity index (χ1n) is 13.0. The minimum absolute atomic E-state index is 0.0781. The third-order valence-corrected chi connectivity index (χ3v) is 7.53. The zero-order valence-electron chi connectivity index (χ0n) is 21.4. The van der Waals surface area contributed by atoms with Crippen molar-refractivity contribution in [1.82, 2.24) is 25.3 Å². The number of aryl methyl sites for hydroxylation is 3. The Morgan fingerprint density at radius 2 is 1.86 bits per heavy atom. The average Bonchev–Trinajstić information content (AvgIpc) is 3.18. The number of aromatic nitrogens is 2. The molecule has 36 heavy (non-hydrogen) atoms. The Kier molecular flexibility index (Phi) is 6.92. The third kappa shape index (κ3) is 4.80. The summed E-state index contributed by atoms with van der Waals surface area (Å²) in [6.07, 6.45) is 4.75. The fourth-order valence-corrected chi connectivity index (χ4v) is 5.65. The van der Waals surface area contributed by atoms with E-state index >= 15 is 0 Å². The van der Waals surface area contributed by atoms with E-state index < -0.39 is 6.04 Å². The van der Waals surface area contributed by atoms with Crippen LogP contribution < -0.4 is 10.6 Å². The zero-order valence-corrected chi connectivity index (χ0v) is 21.4. The molecule has 0 spiro atoms. The molecular weight excluding hydrogens is 450 g/mol. The first-order chi connectivity index (χ1) is 17.4. The summed E-state index contributed by atoms with van der Waals surface area (Å²) in [4.78, 5) is 28.2. The second-order valence-corrected chi connectivity index (χ2v) is 10.0. The van der Waals surface area contributed by atoms with Gasteiger partial charge in [0.15, 0.2) is 0 Å². The van der Waals surface area contributed by atoms with Gasteiger partial charge in [-0.15, -0.1) is 0 Å². The van der Waals surface area contributed by atoms with E-state index in [9.17, 15) is 9.59 Å². The van der Waals surface area contributed by atoms with Crippen molar-refractivity contribution in [2.45, 2.75) is 58.5 Å². The molecule has 1 fully saturated rings. The molecule has 1 aliphatic carbocycles. The summed E-state index contributed by atoms with van der Waals surface area (Å²) in [6, 6.07) is 15.9. The summed E-state index contributed by atoms with van der Waals surface area (Å²) in [6.45, 7) is 7.23. The summed E-state index contributed by atoms with van der Waals surface area (Å²) in [7, 11) is 0. The van der Waals surface area contributed by atoms with Gasteiger partial charge in [-0.25, -0.2) is 4.68 Å². The second kappa shape index (κ2) is 10.3. The van der Waals surface area contributed by atoms with Gasteiger partial charge in [-0.2, -0.15) is 5.10 Å². The number of rotatable bonds is 6. The summed E-state index contributed by atoms with van der Waals surface area (Å²) in [5.41, 5.74) is 7.50. The molecule has 1 aliphatic heterocycles. The zero-order chi connectivity index (χ0) is 25.2. The first-order valence-corrected chi connectivity index (χ1v) is 13.0. The molecule has 188 valence electrons. The maximum absolute atomic E-state index is 13.2. The maximum atomic E-state index is 13.2. The van der Waals surface area contributed by atoms with Gasteiger partial charge in [-0.1, -0.05) is 36.4 Å². The highest BCUT2D eigenvalue weighted by Gasteiger charge is 2.36. The van der Waals surface area contributed by atoms with E-state index in [1.165, 1.54) is 24.0 Å². The predicted octanol–water partition coefficient (Wildman–Crippen LogP) is 3.72. The van der Waals surface area contributed by atoms with Crippen LogP contribution in [0.4, 0.5) is 0 Å². The molecule has 2 N–H and O–H groups in total. The van der Waals surface area contributed by atoms with Gasteiger partial charge < -0.3 is 10.6 Å². The highest BCUT2D eigenvalue weighted by Crippen LogP contribution is 2.30. The van der Waals surface area contributed by atoms with Gasteiger partial charge in [-0.3, -0.25) is 14.5 Å². The van der Waals surface area contributed by atoms with Crippen molar-refractivity contribution in [3.05, 3.63) is 82.2 Å². The molecule has 1 saturated heterocycles. The number of hydrogen-bond acceptors (Lipinski definition) is 4. The van der Waals surface area contributed by atoms with Crippen molar-refractivity contribution in [2.24, 2.45) is 0 Å². The van der Waals surface area contributed by atoms with E-state index in [4.69, 9.17) is 5.10 Å². The van der Waals surface area contributed by atoms with Crippen molar-refractivity contribution in [3.63, 3.8) is 0 Å². The number of carbonyl (C=O) groups is 2. The van der Waals surface area contributed by atoms with Crippen LogP contribution in [0.1, 0.15) is 65.5 Å². The second-order valence-electron chi connectivity index (χ2n) is 10.0. The molecule has 7 heteroatoms. The average molecular weight is 486 g/mol. The Morgan fingerprint density at radius 3 is 2.64 bits per heavy atom. The summed E-state index contributed by atoms with van der Waals surface area (Å²) < 4.78 is 1.88. The molecular formula is C29H35N5O2. The van der Waals surface area contributed by atoms with Gasteiger partial charge >= 0.3 is 0 Å². The molecule has 2 heterocycles. The van der Waals surface area contributed by atoms with Crippen LogP contribution >= 0.6 is 0 Å². The fraction of sp³-hybridized carbons (Fsp3) is 0.414. The predicted molar refractivity (Wildman–Crippen MR) is 140 cm³/mol. The summed E-state index contributed by atoms with van der Waals surface area (Å²) in [5.74, 6) is -0.165. The standard InChI is InChI=1S/C29H35N5O2/c1-19(23-14-13-22-9-7-8-10-24(22)17-23)31-26(35)18-33-16-15-30-29(36)28(33)27-20(2)32-34(21(27)3)25-11-5-4-6-12-25/h4-6,11-14,17,19,28H,7-10,15-16,18H2,1-3H3,(H,30,36)(H,31,35)/t19-,28+/m1/s1. The lowest BCUT2D eigenvalue weighted by Gasteiger charge is -2.35. The van der Waals surface area contributed by atoms with Crippen LogP contribution in [0.5, 0.6) is 0 Å². The molecule has 1 aromatic heterocycles. The smallest absolute Gasteiger partial charge is 0.242 e. The normalized spacial score (nSPS) is 18.9. The number of amides is 2. The molecule has 2 aromatic carbocycles. The van der Waals surface area contributed by atoms with E-state index in [-0.39, 0.29) is 24.4 Å². The minimum Gasteiger partial charge on any atom is -0.353 e. The molecule has 7 nitrogen and oxygen atoms in total.